The fraction of sp³-hybridized carbons (Fsp3) is 0.696. The van der Waals surface area contributed by atoms with Crippen LogP contribution in [0.2, 0.25) is 0 Å². The summed E-state index contributed by atoms with van der Waals surface area (Å²) in [7, 11) is 1.04. The van der Waals surface area contributed by atoms with E-state index in [4.69, 9.17) is 0 Å². The quantitative estimate of drug-likeness (QED) is 0.314. The summed E-state index contributed by atoms with van der Waals surface area (Å²) >= 11 is 0. The molecule has 0 fully saturated rings. The summed E-state index contributed by atoms with van der Waals surface area (Å²) < 4.78 is 0. The third kappa shape index (κ3) is 9.72. The molecule has 0 saturated carbocycles. The zero-order valence-corrected chi connectivity index (χ0v) is 19.1. The lowest BCUT2D eigenvalue weighted by Crippen LogP contribution is -2.13. The molecule has 0 aliphatic carbocycles. The molecule has 1 rings (SSSR count). The minimum absolute atomic E-state index is 0.896. The Hall–Kier alpha value is -0.880. The van der Waals surface area contributed by atoms with Crippen molar-refractivity contribution < 1.29 is 4.79 Å². The standard InChI is InChI=1S/C14H30OP.C9H13N/c1-4-7-11-16(14-10-15,12-8-5-2)13-9-6-3;1-7-5-4-6-8(2)9(7)10-3/h10H,4-9,11-14H2,1-3H3;4-6,10H,1-3H3/q+1;. The summed E-state index contributed by atoms with van der Waals surface area (Å²) in [5, 5.41) is 3.16. The number of benzene rings is 1. The second-order valence-electron chi connectivity index (χ2n) is 7.44. The zero-order valence-electron chi connectivity index (χ0n) is 18.2. The average molecular weight is 381 g/mol. The number of anilines is 1. The van der Waals surface area contributed by atoms with Gasteiger partial charge in [0.15, 0.2) is 6.29 Å². The van der Waals surface area contributed by atoms with Gasteiger partial charge in [0.1, 0.15) is 6.16 Å². The van der Waals surface area contributed by atoms with Gasteiger partial charge in [-0.05, 0) is 44.2 Å². The van der Waals surface area contributed by atoms with Crippen molar-refractivity contribution in [2.24, 2.45) is 0 Å². The fourth-order valence-electron chi connectivity index (χ4n) is 3.46. The second kappa shape index (κ2) is 15.2. The van der Waals surface area contributed by atoms with Crippen LogP contribution in [0.5, 0.6) is 0 Å². The Kier molecular flexibility index (Phi) is 14.7. The van der Waals surface area contributed by atoms with Crippen LogP contribution in [0.4, 0.5) is 5.69 Å². The summed E-state index contributed by atoms with van der Waals surface area (Å²) in [5.74, 6) is 0. The first kappa shape index (κ1) is 25.1. The van der Waals surface area contributed by atoms with Gasteiger partial charge in [0.25, 0.3) is 0 Å². The van der Waals surface area contributed by atoms with Crippen molar-refractivity contribution in [2.45, 2.75) is 73.1 Å². The van der Waals surface area contributed by atoms with Crippen LogP contribution in [0.15, 0.2) is 18.2 Å². The predicted octanol–water partition coefficient (Wildman–Crippen LogP) is 6.95. The lowest BCUT2D eigenvalue weighted by Gasteiger charge is -2.25. The largest absolute Gasteiger partial charge is 0.388 e. The molecule has 1 aromatic rings. The molecule has 3 heteroatoms. The number of unbranched alkanes of at least 4 members (excludes halogenated alkanes) is 3. The van der Waals surface area contributed by atoms with Crippen molar-refractivity contribution in [1.82, 2.24) is 0 Å². The first-order valence-electron chi connectivity index (χ1n) is 10.5. The smallest absolute Gasteiger partial charge is 0.157 e. The van der Waals surface area contributed by atoms with Crippen LogP contribution in [0.3, 0.4) is 0 Å². The molecule has 0 bridgehead atoms. The van der Waals surface area contributed by atoms with E-state index in [1.54, 1.807) is 0 Å². The number of carbonyl (C=O) groups excluding carboxylic acids is 1. The van der Waals surface area contributed by atoms with Gasteiger partial charge in [0.2, 0.25) is 0 Å². The highest BCUT2D eigenvalue weighted by molar-refractivity contribution is 7.76. The highest BCUT2D eigenvalue weighted by Crippen LogP contribution is 2.59. The third-order valence-electron chi connectivity index (χ3n) is 5.15. The van der Waals surface area contributed by atoms with Crippen molar-refractivity contribution in [3.8, 4) is 0 Å². The van der Waals surface area contributed by atoms with E-state index in [0.29, 0.717) is 0 Å². The minimum atomic E-state index is -0.914. The first-order valence-corrected chi connectivity index (χ1v) is 13.1. The Labute approximate surface area is 163 Å². The molecule has 150 valence electrons. The van der Waals surface area contributed by atoms with Gasteiger partial charge in [-0.2, -0.15) is 0 Å². The Morgan fingerprint density at radius 3 is 1.58 bits per heavy atom. The Morgan fingerprint density at radius 1 is 0.885 bits per heavy atom. The molecule has 0 heterocycles. The Morgan fingerprint density at radius 2 is 1.31 bits per heavy atom. The zero-order chi connectivity index (χ0) is 19.8. The predicted molar refractivity (Wildman–Crippen MR) is 123 cm³/mol. The molecule has 0 unspecified atom stereocenters. The molecule has 0 aliphatic heterocycles. The molecule has 0 atom stereocenters. The van der Waals surface area contributed by atoms with Gasteiger partial charge in [-0.3, -0.25) is 4.79 Å². The number of para-hydroxylation sites is 1. The van der Waals surface area contributed by atoms with Crippen LogP contribution in [-0.4, -0.2) is 38.0 Å². The number of hydrogen-bond donors (Lipinski definition) is 1. The monoisotopic (exact) mass is 380 g/mol. The van der Waals surface area contributed by atoms with Gasteiger partial charge < -0.3 is 5.32 Å². The molecule has 1 N–H and O–H groups in total. The molecule has 2 nitrogen and oxygen atoms in total. The van der Waals surface area contributed by atoms with Crippen molar-refractivity contribution in [3.05, 3.63) is 29.3 Å². The van der Waals surface area contributed by atoms with Crippen molar-refractivity contribution in [3.63, 3.8) is 0 Å². The molecular formula is C23H43NOP+. The number of rotatable bonds is 12. The summed E-state index contributed by atoms with van der Waals surface area (Å²) in [6, 6.07) is 6.29. The summed E-state index contributed by atoms with van der Waals surface area (Å²) in [6.45, 7) is 11.0. The van der Waals surface area contributed by atoms with Gasteiger partial charge in [-0.25, -0.2) is 0 Å². The van der Waals surface area contributed by atoms with Gasteiger partial charge >= 0.3 is 0 Å². The van der Waals surface area contributed by atoms with E-state index in [1.165, 1.54) is 80.1 Å². The molecule has 0 saturated heterocycles. The molecule has 26 heavy (non-hydrogen) atoms. The van der Waals surface area contributed by atoms with Crippen molar-refractivity contribution in [2.75, 3.05) is 37.0 Å². The maximum atomic E-state index is 10.9. The van der Waals surface area contributed by atoms with Crippen LogP contribution in [-0.2, 0) is 4.79 Å². The number of nitrogens with one attached hydrogen (secondary N) is 1. The molecule has 0 spiro atoms. The maximum Gasteiger partial charge on any atom is 0.157 e. The molecule has 1 aromatic carbocycles. The molecule has 0 amide bonds. The first-order chi connectivity index (χ1) is 12.5. The van der Waals surface area contributed by atoms with Crippen molar-refractivity contribution >= 4 is 19.2 Å². The van der Waals surface area contributed by atoms with Gasteiger partial charge in [0, 0.05) is 20.0 Å². The topological polar surface area (TPSA) is 29.1 Å². The molecule has 0 aliphatic rings. The third-order valence-corrected chi connectivity index (χ3v) is 9.87. The van der Waals surface area contributed by atoms with Crippen LogP contribution >= 0.6 is 7.26 Å². The summed E-state index contributed by atoms with van der Waals surface area (Å²) in [5.41, 5.74) is 3.87. The Balaban J connectivity index is 0.000000531. The molecule has 0 radical (unpaired) electrons. The molecule has 0 aromatic heterocycles. The maximum absolute atomic E-state index is 10.9. The summed E-state index contributed by atoms with van der Waals surface area (Å²) in [6.07, 6.45) is 14.0. The van der Waals surface area contributed by atoms with Gasteiger partial charge in [-0.1, -0.05) is 58.2 Å². The van der Waals surface area contributed by atoms with E-state index >= 15 is 0 Å². The van der Waals surface area contributed by atoms with E-state index in [9.17, 15) is 4.79 Å². The second-order valence-corrected chi connectivity index (χ2v) is 11.8. The van der Waals surface area contributed by atoms with Crippen LogP contribution in [0.1, 0.15) is 70.4 Å². The number of aldehydes is 1. The number of hydrogen-bond acceptors (Lipinski definition) is 2. The van der Waals surface area contributed by atoms with Gasteiger partial charge in [0.05, 0.1) is 18.5 Å². The minimum Gasteiger partial charge on any atom is -0.388 e. The van der Waals surface area contributed by atoms with Crippen molar-refractivity contribution in [1.29, 1.82) is 0 Å². The van der Waals surface area contributed by atoms with E-state index < -0.39 is 7.26 Å². The summed E-state index contributed by atoms with van der Waals surface area (Å²) in [4.78, 5) is 10.9. The van der Waals surface area contributed by atoms with E-state index in [0.717, 1.165) is 6.16 Å². The lowest BCUT2D eigenvalue weighted by atomic mass is 10.1. The fourth-order valence-corrected chi connectivity index (χ4v) is 7.95. The Bertz CT molecular complexity index is 445. The number of carbonyl (C=O) groups is 1. The highest BCUT2D eigenvalue weighted by atomic mass is 31.2. The normalized spacial score (nSPS) is 10.8. The lowest BCUT2D eigenvalue weighted by molar-refractivity contribution is -0.105. The van der Waals surface area contributed by atoms with E-state index in [-0.39, 0.29) is 0 Å². The van der Waals surface area contributed by atoms with Crippen LogP contribution in [0.25, 0.3) is 0 Å². The van der Waals surface area contributed by atoms with Crippen LogP contribution in [0, 0.1) is 13.8 Å². The number of aryl methyl sites for hydroxylation is 2. The SMILES string of the molecule is CCCC[P+](CC=O)(CCCC)CCCC.CNc1c(C)cccc1C. The van der Waals surface area contributed by atoms with Gasteiger partial charge in [-0.15, -0.1) is 0 Å². The molecular weight excluding hydrogens is 337 g/mol. The van der Waals surface area contributed by atoms with Crippen LogP contribution < -0.4 is 5.32 Å². The van der Waals surface area contributed by atoms with E-state index in [2.05, 4.69) is 58.1 Å². The highest BCUT2D eigenvalue weighted by Gasteiger charge is 2.34. The van der Waals surface area contributed by atoms with E-state index in [1.807, 2.05) is 7.05 Å². The average Bonchev–Trinajstić information content (AvgIpc) is 2.64.